The summed E-state index contributed by atoms with van der Waals surface area (Å²) < 4.78 is 5.24. The molecule has 0 fully saturated rings. The lowest BCUT2D eigenvalue weighted by molar-refractivity contribution is 0.0697. The summed E-state index contributed by atoms with van der Waals surface area (Å²) in [5, 5.41) is 12.9. The Labute approximate surface area is 120 Å². The summed E-state index contributed by atoms with van der Waals surface area (Å²) in [5.74, 6) is -0.210. The van der Waals surface area contributed by atoms with Crippen LogP contribution in [0.2, 0.25) is 0 Å². The van der Waals surface area contributed by atoms with Crippen molar-refractivity contribution in [1.82, 2.24) is 10.1 Å². The van der Waals surface area contributed by atoms with Gasteiger partial charge in [-0.05, 0) is 31.2 Å². The maximum Gasteiger partial charge on any atom is 0.335 e. The van der Waals surface area contributed by atoms with Gasteiger partial charge in [0, 0.05) is 11.1 Å². The summed E-state index contributed by atoms with van der Waals surface area (Å²) in [5.41, 5.74) is 2.77. The summed E-state index contributed by atoms with van der Waals surface area (Å²) in [4.78, 5) is 15.3. The van der Waals surface area contributed by atoms with Gasteiger partial charge in [0.15, 0.2) is 0 Å². The zero-order valence-electron chi connectivity index (χ0n) is 11.3. The fourth-order valence-electron chi connectivity index (χ4n) is 1.95. The quantitative estimate of drug-likeness (QED) is 0.795. The van der Waals surface area contributed by atoms with Crippen LogP contribution < -0.4 is 0 Å². The van der Waals surface area contributed by atoms with E-state index in [1.165, 1.54) is 12.1 Å². The lowest BCUT2D eigenvalue weighted by Gasteiger charge is -1.97. The van der Waals surface area contributed by atoms with Crippen LogP contribution in [0.1, 0.15) is 15.9 Å². The van der Waals surface area contributed by atoms with Gasteiger partial charge in [-0.25, -0.2) is 4.79 Å². The third-order valence-electron chi connectivity index (χ3n) is 3.09. The van der Waals surface area contributed by atoms with Crippen LogP contribution in [0.4, 0.5) is 0 Å². The highest BCUT2D eigenvalue weighted by Gasteiger charge is 2.12. The summed E-state index contributed by atoms with van der Waals surface area (Å²) in [6, 6.07) is 14.2. The van der Waals surface area contributed by atoms with E-state index in [1.54, 1.807) is 12.1 Å². The highest BCUT2D eigenvalue weighted by atomic mass is 16.5. The molecule has 0 atom stereocenters. The van der Waals surface area contributed by atoms with Crippen LogP contribution in [0, 0.1) is 6.92 Å². The molecule has 0 amide bonds. The molecule has 0 aliphatic heterocycles. The highest BCUT2D eigenvalue weighted by molar-refractivity contribution is 5.89. The fourth-order valence-corrected chi connectivity index (χ4v) is 1.95. The number of carbonyl (C=O) groups is 1. The number of rotatable bonds is 3. The minimum absolute atomic E-state index is 0.189. The van der Waals surface area contributed by atoms with Crippen LogP contribution >= 0.6 is 0 Å². The van der Waals surface area contributed by atoms with E-state index in [-0.39, 0.29) is 5.56 Å². The van der Waals surface area contributed by atoms with E-state index in [0.717, 1.165) is 11.1 Å². The molecule has 0 aliphatic carbocycles. The molecule has 104 valence electrons. The van der Waals surface area contributed by atoms with Gasteiger partial charge in [-0.15, -0.1) is 0 Å². The van der Waals surface area contributed by atoms with Gasteiger partial charge >= 0.3 is 5.97 Å². The first-order chi connectivity index (χ1) is 10.1. The Hall–Kier alpha value is -2.95. The SMILES string of the molecule is Cc1ccc(-c2nc(-c3cccc(C(=O)O)c3)no2)cc1. The predicted octanol–water partition coefficient (Wildman–Crippen LogP) is 3.41. The molecule has 21 heavy (non-hydrogen) atoms. The van der Waals surface area contributed by atoms with Crippen LogP contribution in [-0.4, -0.2) is 21.2 Å². The smallest absolute Gasteiger partial charge is 0.335 e. The molecule has 5 nitrogen and oxygen atoms in total. The molecule has 0 spiro atoms. The average molecular weight is 280 g/mol. The van der Waals surface area contributed by atoms with Crippen molar-refractivity contribution in [2.75, 3.05) is 0 Å². The number of aryl methyl sites for hydroxylation is 1. The maximum absolute atomic E-state index is 11.0. The van der Waals surface area contributed by atoms with E-state index in [2.05, 4.69) is 10.1 Å². The van der Waals surface area contributed by atoms with Gasteiger partial charge in [-0.1, -0.05) is 35.0 Å². The third-order valence-corrected chi connectivity index (χ3v) is 3.09. The molecule has 0 radical (unpaired) electrons. The Balaban J connectivity index is 1.96. The van der Waals surface area contributed by atoms with Crippen molar-refractivity contribution in [3.8, 4) is 22.8 Å². The molecule has 1 N–H and O–H groups in total. The maximum atomic E-state index is 11.0. The molecule has 0 unspecified atom stereocenters. The van der Waals surface area contributed by atoms with Crippen molar-refractivity contribution in [2.24, 2.45) is 0 Å². The normalized spacial score (nSPS) is 10.5. The lowest BCUT2D eigenvalue weighted by atomic mass is 10.1. The van der Waals surface area contributed by atoms with Crippen LogP contribution in [0.5, 0.6) is 0 Å². The molecule has 3 rings (SSSR count). The number of benzene rings is 2. The monoisotopic (exact) mass is 280 g/mol. The van der Waals surface area contributed by atoms with Gasteiger partial charge in [-0.2, -0.15) is 4.98 Å². The minimum Gasteiger partial charge on any atom is -0.478 e. The van der Waals surface area contributed by atoms with E-state index in [1.807, 2.05) is 31.2 Å². The van der Waals surface area contributed by atoms with E-state index >= 15 is 0 Å². The van der Waals surface area contributed by atoms with Gasteiger partial charge in [0.2, 0.25) is 5.82 Å². The topological polar surface area (TPSA) is 76.2 Å². The number of hydrogen-bond acceptors (Lipinski definition) is 4. The van der Waals surface area contributed by atoms with E-state index in [4.69, 9.17) is 9.63 Å². The Morgan fingerprint density at radius 3 is 2.57 bits per heavy atom. The van der Waals surface area contributed by atoms with Crippen molar-refractivity contribution in [2.45, 2.75) is 6.92 Å². The number of hydrogen-bond donors (Lipinski definition) is 1. The summed E-state index contributed by atoms with van der Waals surface area (Å²) in [6.45, 7) is 2.00. The number of aromatic carboxylic acids is 1. The first-order valence-corrected chi connectivity index (χ1v) is 6.38. The average Bonchev–Trinajstić information content (AvgIpc) is 2.98. The van der Waals surface area contributed by atoms with E-state index in [0.29, 0.717) is 17.3 Å². The number of aromatic nitrogens is 2. The first kappa shape index (κ1) is 13.1. The first-order valence-electron chi connectivity index (χ1n) is 6.38. The van der Waals surface area contributed by atoms with Gasteiger partial charge < -0.3 is 9.63 Å². The predicted molar refractivity (Wildman–Crippen MR) is 76.9 cm³/mol. The molecule has 2 aromatic carbocycles. The van der Waals surface area contributed by atoms with Crippen molar-refractivity contribution < 1.29 is 14.4 Å². The Morgan fingerprint density at radius 2 is 1.86 bits per heavy atom. The zero-order chi connectivity index (χ0) is 14.8. The van der Waals surface area contributed by atoms with Crippen molar-refractivity contribution >= 4 is 5.97 Å². The van der Waals surface area contributed by atoms with E-state index in [9.17, 15) is 4.79 Å². The second-order valence-corrected chi connectivity index (χ2v) is 4.68. The van der Waals surface area contributed by atoms with Gasteiger partial charge in [-0.3, -0.25) is 0 Å². The van der Waals surface area contributed by atoms with Crippen LogP contribution in [-0.2, 0) is 0 Å². The second kappa shape index (κ2) is 5.20. The van der Waals surface area contributed by atoms with E-state index < -0.39 is 5.97 Å². The van der Waals surface area contributed by atoms with Gasteiger partial charge in [0.1, 0.15) is 0 Å². The number of nitrogens with zero attached hydrogens (tertiary/aromatic N) is 2. The van der Waals surface area contributed by atoms with Crippen molar-refractivity contribution in [1.29, 1.82) is 0 Å². The van der Waals surface area contributed by atoms with Gasteiger partial charge in [0.25, 0.3) is 5.89 Å². The number of carboxylic acids is 1. The molecule has 0 saturated heterocycles. The fraction of sp³-hybridized carbons (Fsp3) is 0.0625. The Kier molecular flexibility index (Phi) is 3.23. The van der Waals surface area contributed by atoms with Gasteiger partial charge in [0.05, 0.1) is 5.56 Å². The molecular formula is C16H12N2O3. The molecule has 5 heteroatoms. The molecule has 0 aliphatic rings. The van der Waals surface area contributed by atoms with Crippen LogP contribution in [0.3, 0.4) is 0 Å². The largest absolute Gasteiger partial charge is 0.478 e. The summed E-state index contributed by atoms with van der Waals surface area (Å²) >= 11 is 0. The molecule has 0 bridgehead atoms. The lowest BCUT2D eigenvalue weighted by Crippen LogP contribution is -1.96. The minimum atomic E-state index is -0.987. The zero-order valence-corrected chi connectivity index (χ0v) is 11.3. The Morgan fingerprint density at radius 1 is 1.10 bits per heavy atom. The Bertz CT molecular complexity index is 791. The molecule has 1 aromatic heterocycles. The van der Waals surface area contributed by atoms with Crippen LogP contribution in [0.25, 0.3) is 22.8 Å². The van der Waals surface area contributed by atoms with Crippen molar-refractivity contribution in [3.63, 3.8) is 0 Å². The second-order valence-electron chi connectivity index (χ2n) is 4.68. The third kappa shape index (κ3) is 2.67. The molecule has 1 heterocycles. The summed E-state index contributed by atoms with van der Waals surface area (Å²) in [6.07, 6.45) is 0. The molecule has 0 saturated carbocycles. The molecular weight excluding hydrogens is 268 g/mol. The number of carboxylic acid groups (broad SMARTS) is 1. The highest BCUT2D eigenvalue weighted by Crippen LogP contribution is 2.23. The van der Waals surface area contributed by atoms with Crippen LogP contribution in [0.15, 0.2) is 53.1 Å². The molecule has 3 aromatic rings. The standard InChI is InChI=1S/C16H12N2O3/c1-10-5-7-11(8-6-10)15-17-14(18-21-15)12-3-2-4-13(9-12)16(19)20/h2-9H,1H3,(H,19,20). The summed E-state index contributed by atoms with van der Waals surface area (Å²) in [7, 11) is 0. The van der Waals surface area contributed by atoms with Crippen molar-refractivity contribution in [3.05, 3.63) is 59.7 Å².